The Bertz CT molecular complexity index is 349. The number of nitrogens with zero attached hydrogens (tertiary/aromatic N) is 2. The maximum Gasteiger partial charge on any atom is 0.341 e. The van der Waals surface area contributed by atoms with E-state index in [0.717, 1.165) is 6.20 Å². The smallest absolute Gasteiger partial charge is 0.341 e. The molecule has 1 aromatic heterocycles. The zero-order valence-electron chi connectivity index (χ0n) is 5.87. The van der Waals surface area contributed by atoms with Gasteiger partial charge in [0, 0.05) is 0 Å². The summed E-state index contributed by atoms with van der Waals surface area (Å²) in [5.74, 6) is 5.43. The quantitative estimate of drug-likeness (QED) is 0.339. The van der Waals surface area contributed by atoms with Crippen LogP contribution in [-0.4, -0.2) is 20.2 Å². The van der Waals surface area contributed by atoms with Crippen LogP contribution in [0.2, 0.25) is 0 Å². The molecule has 1 heterocycles. The zero-order chi connectivity index (χ0) is 8.97. The van der Waals surface area contributed by atoms with Gasteiger partial charge in [-0.1, -0.05) is 21.9 Å². The Morgan fingerprint density at radius 2 is 2.58 bits per heavy atom. The van der Waals surface area contributed by atoms with Gasteiger partial charge < -0.3 is 10.1 Å². The summed E-state index contributed by atoms with van der Waals surface area (Å²) < 4.78 is 0. The lowest BCUT2D eigenvalue weighted by atomic mass is 10.6. The molecule has 0 aliphatic heterocycles. The van der Waals surface area contributed by atoms with Crippen molar-refractivity contribution >= 4 is 21.7 Å². The molecule has 0 bridgehead atoms. The molecule has 0 spiro atoms. The number of nitrogens with one attached hydrogen (secondary N) is 1. The monoisotopic (exact) mass is 229 g/mol. The van der Waals surface area contributed by atoms with E-state index in [1.54, 1.807) is 0 Å². The van der Waals surface area contributed by atoms with Crippen molar-refractivity contribution in [2.45, 2.75) is 0 Å². The fourth-order valence-electron chi connectivity index (χ4n) is 0.585. The normalized spacial score (nSPS) is 8.75. The van der Waals surface area contributed by atoms with Crippen molar-refractivity contribution in [3.8, 4) is 11.8 Å². The molecule has 6 heteroatoms. The van der Waals surface area contributed by atoms with Crippen molar-refractivity contribution < 1.29 is 4.92 Å². The highest BCUT2D eigenvalue weighted by Gasteiger charge is 2.06. The first kappa shape index (κ1) is 8.74. The molecule has 1 aromatic rings. The highest BCUT2D eigenvalue weighted by Crippen LogP contribution is 2.04. The van der Waals surface area contributed by atoms with Gasteiger partial charge in [-0.05, 0) is 10.8 Å². The van der Waals surface area contributed by atoms with E-state index in [1.807, 2.05) is 0 Å². The molecule has 0 aromatic carbocycles. The van der Waals surface area contributed by atoms with Gasteiger partial charge in [-0.25, -0.2) is 9.97 Å². The van der Waals surface area contributed by atoms with E-state index < -0.39 is 4.92 Å². The second-order valence-corrected chi connectivity index (χ2v) is 2.37. The number of hydrogen-bond donors (Lipinski definition) is 1. The molecule has 0 atom stereocenters. The molecule has 1 rings (SSSR count). The molecule has 0 aliphatic carbocycles. The first-order valence-corrected chi connectivity index (χ1v) is 4.10. The van der Waals surface area contributed by atoms with Crippen LogP contribution in [0.5, 0.6) is 0 Å². The number of aromatic nitrogens is 2. The zero-order valence-corrected chi connectivity index (χ0v) is 7.46. The van der Waals surface area contributed by atoms with E-state index in [-0.39, 0.29) is 5.82 Å². The Hall–Kier alpha value is -1.35. The van der Waals surface area contributed by atoms with E-state index in [2.05, 4.69) is 37.7 Å². The summed E-state index contributed by atoms with van der Waals surface area (Å²) in [6.07, 6.45) is 1.14. The van der Waals surface area contributed by atoms with Crippen molar-refractivity contribution in [1.82, 2.24) is 9.97 Å². The Balaban J connectivity index is 2.84. The van der Waals surface area contributed by atoms with Crippen molar-refractivity contribution in [1.29, 1.82) is 0 Å². The van der Waals surface area contributed by atoms with E-state index >= 15 is 0 Å². The highest BCUT2D eigenvalue weighted by atomic mass is 79.9. The van der Waals surface area contributed by atoms with Gasteiger partial charge in [0.2, 0.25) is 0 Å². The molecule has 0 saturated carbocycles. The third-order valence-corrected chi connectivity index (χ3v) is 1.31. The fraction of sp³-hybridized carbons (Fsp3) is 0.167. The molecule has 0 amide bonds. The van der Waals surface area contributed by atoms with E-state index in [9.17, 15) is 10.1 Å². The van der Waals surface area contributed by atoms with Gasteiger partial charge in [-0.3, -0.25) is 0 Å². The van der Waals surface area contributed by atoms with E-state index in [0.29, 0.717) is 11.2 Å². The Morgan fingerprint density at radius 3 is 3.08 bits per heavy atom. The maximum atomic E-state index is 10.2. The Labute approximate surface area is 76.5 Å². The number of rotatable bonds is 1. The lowest BCUT2D eigenvalue weighted by Gasteiger charge is -1.83. The van der Waals surface area contributed by atoms with Crippen LogP contribution >= 0.6 is 15.9 Å². The highest BCUT2D eigenvalue weighted by molar-refractivity contribution is 9.09. The average molecular weight is 230 g/mol. The van der Waals surface area contributed by atoms with Crippen LogP contribution in [0.3, 0.4) is 0 Å². The van der Waals surface area contributed by atoms with Gasteiger partial charge in [-0.15, -0.1) is 0 Å². The lowest BCUT2D eigenvalue weighted by Crippen LogP contribution is -1.86. The molecule has 0 aliphatic rings. The number of alkyl halides is 1. The predicted octanol–water partition coefficient (Wildman–Crippen LogP) is 1.06. The average Bonchev–Trinajstić information content (AvgIpc) is 2.48. The van der Waals surface area contributed by atoms with Crippen molar-refractivity contribution in [3.05, 3.63) is 22.1 Å². The Kier molecular flexibility index (Phi) is 2.82. The molecule has 0 unspecified atom stereocenters. The molecule has 0 saturated heterocycles. The number of H-pyrrole nitrogens is 1. The number of aromatic amines is 1. The van der Waals surface area contributed by atoms with Crippen LogP contribution in [0.1, 0.15) is 5.82 Å². The van der Waals surface area contributed by atoms with Crippen LogP contribution < -0.4 is 0 Å². The molecule has 0 fully saturated rings. The summed E-state index contributed by atoms with van der Waals surface area (Å²) in [6.45, 7) is 0. The van der Waals surface area contributed by atoms with Crippen LogP contribution in [0, 0.1) is 22.0 Å². The van der Waals surface area contributed by atoms with Crippen molar-refractivity contribution in [3.63, 3.8) is 0 Å². The molecule has 12 heavy (non-hydrogen) atoms. The number of halogens is 1. The molecule has 1 N–H and O–H groups in total. The van der Waals surface area contributed by atoms with Gasteiger partial charge in [-0.2, -0.15) is 0 Å². The van der Waals surface area contributed by atoms with Gasteiger partial charge >= 0.3 is 5.82 Å². The summed E-state index contributed by atoms with van der Waals surface area (Å²) in [4.78, 5) is 15.7. The number of imidazole rings is 1. The summed E-state index contributed by atoms with van der Waals surface area (Å²) in [6, 6.07) is 0. The first-order valence-electron chi connectivity index (χ1n) is 2.98. The van der Waals surface area contributed by atoms with Gasteiger partial charge in [0.1, 0.15) is 6.20 Å². The van der Waals surface area contributed by atoms with Crippen LogP contribution in [0.15, 0.2) is 6.20 Å². The summed E-state index contributed by atoms with van der Waals surface area (Å²) in [5, 5.41) is 10.7. The summed E-state index contributed by atoms with van der Waals surface area (Å²) >= 11 is 3.09. The van der Waals surface area contributed by atoms with E-state index in [4.69, 9.17) is 0 Å². The largest absolute Gasteiger partial charge is 0.358 e. The molecular weight excluding hydrogens is 226 g/mol. The standard InChI is InChI=1S/C6H4BrN3O2/c7-3-1-2-5-8-4-6(9-5)10(11)12/h4H,3H2,(H,8,9). The minimum Gasteiger partial charge on any atom is -0.358 e. The third-order valence-electron chi connectivity index (χ3n) is 1.03. The molecule has 0 radical (unpaired) electrons. The van der Waals surface area contributed by atoms with Crippen molar-refractivity contribution in [2.75, 3.05) is 5.33 Å². The van der Waals surface area contributed by atoms with Crippen LogP contribution in [0.4, 0.5) is 5.82 Å². The third kappa shape index (κ3) is 2.07. The number of nitro groups is 1. The summed E-state index contributed by atoms with van der Waals surface area (Å²) in [7, 11) is 0. The molecule has 5 nitrogen and oxygen atoms in total. The van der Waals surface area contributed by atoms with Gasteiger partial charge in [0.25, 0.3) is 5.82 Å². The second kappa shape index (κ2) is 3.88. The second-order valence-electron chi connectivity index (χ2n) is 1.81. The maximum absolute atomic E-state index is 10.2. The van der Waals surface area contributed by atoms with Gasteiger partial charge in [0.05, 0.1) is 5.33 Å². The lowest BCUT2D eigenvalue weighted by molar-refractivity contribution is -0.389. The molecular formula is C6H4BrN3O2. The fourth-order valence-corrected chi connectivity index (χ4v) is 0.725. The molecule has 62 valence electrons. The minimum atomic E-state index is -0.549. The minimum absolute atomic E-state index is 0.145. The number of hydrogen-bond acceptors (Lipinski definition) is 3. The topological polar surface area (TPSA) is 71.8 Å². The first-order chi connectivity index (χ1) is 5.74. The van der Waals surface area contributed by atoms with Crippen LogP contribution in [-0.2, 0) is 0 Å². The predicted molar refractivity (Wildman–Crippen MR) is 45.9 cm³/mol. The Morgan fingerprint density at radius 1 is 1.83 bits per heavy atom. The SMILES string of the molecule is O=[N+]([O-])c1cnc(C#CCBr)[nH]1. The van der Waals surface area contributed by atoms with Gasteiger partial charge in [0.15, 0.2) is 0 Å². The van der Waals surface area contributed by atoms with Crippen molar-refractivity contribution in [2.24, 2.45) is 0 Å². The summed E-state index contributed by atoms with van der Waals surface area (Å²) in [5.41, 5.74) is 0. The van der Waals surface area contributed by atoms with Crippen LogP contribution in [0.25, 0.3) is 0 Å². The van der Waals surface area contributed by atoms with E-state index in [1.165, 1.54) is 0 Å².